The van der Waals surface area contributed by atoms with Crippen LogP contribution in [0.4, 0.5) is 5.82 Å². The van der Waals surface area contributed by atoms with Crippen molar-refractivity contribution in [1.29, 1.82) is 5.26 Å². The van der Waals surface area contributed by atoms with Gasteiger partial charge in [-0.25, -0.2) is 4.98 Å². The van der Waals surface area contributed by atoms with Crippen molar-refractivity contribution < 1.29 is 14.3 Å². The van der Waals surface area contributed by atoms with Gasteiger partial charge in [0.25, 0.3) is 0 Å². The number of carbonyl (C=O) groups excluding carboxylic acids is 1. The molecule has 0 radical (unpaired) electrons. The molecule has 0 spiro atoms. The Morgan fingerprint density at radius 2 is 2.14 bits per heavy atom. The van der Waals surface area contributed by atoms with Crippen LogP contribution in [0.1, 0.15) is 6.42 Å². The van der Waals surface area contributed by atoms with Crippen LogP contribution in [0.15, 0.2) is 30.6 Å². The highest BCUT2D eigenvalue weighted by Crippen LogP contribution is 2.30. The second-order valence-electron chi connectivity index (χ2n) is 6.64. The highest BCUT2D eigenvalue weighted by atomic mass is 16.5. The number of rotatable bonds is 5. The van der Waals surface area contributed by atoms with Gasteiger partial charge in [-0.2, -0.15) is 5.26 Å². The molecular formula is C19H19N7O3. The van der Waals surface area contributed by atoms with Crippen LogP contribution in [-0.4, -0.2) is 57.7 Å². The summed E-state index contributed by atoms with van der Waals surface area (Å²) in [6, 6.07) is 5.46. The third kappa shape index (κ3) is 3.62. The van der Waals surface area contributed by atoms with Crippen LogP contribution in [0, 0.1) is 17.4 Å². The molecule has 0 aliphatic carbocycles. The van der Waals surface area contributed by atoms with E-state index < -0.39 is 0 Å². The van der Waals surface area contributed by atoms with Crippen molar-refractivity contribution in [1.82, 2.24) is 24.5 Å². The number of nitrogens with zero attached hydrogens (tertiary/aromatic N) is 6. The molecular weight excluding hydrogens is 374 g/mol. The van der Waals surface area contributed by atoms with Gasteiger partial charge >= 0.3 is 0 Å². The number of hydrogen-bond acceptors (Lipinski definition) is 8. The van der Waals surface area contributed by atoms with Crippen molar-refractivity contribution in [2.75, 3.05) is 32.6 Å². The van der Waals surface area contributed by atoms with Gasteiger partial charge in [-0.15, -0.1) is 10.2 Å². The van der Waals surface area contributed by atoms with Crippen molar-refractivity contribution in [2.24, 2.45) is 5.92 Å². The number of fused-ring (bicyclic) bond motifs is 1. The first kappa shape index (κ1) is 18.5. The normalized spacial score (nSPS) is 15.9. The van der Waals surface area contributed by atoms with Crippen molar-refractivity contribution in [3.63, 3.8) is 0 Å². The summed E-state index contributed by atoms with van der Waals surface area (Å²) in [6.07, 6.45) is 6.35. The number of carbonyl (C=O) groups is 1. The van der Waals surface area contributed by atoms with E-state index >= 15 is 0 Å². The van der Waals surface area contributed by atoms with Gasteiger partial charge in [-0.05, 0) is 18.6 Å². The van der Waals surface area contributed by atoms with E-state index in [2.05, 4.69) is 26.7 Å². The number of amides is 1. The van der Waals surface area contributed by atoms with Gasteiger partial charge in [0.2, 0.25) is 17.7 Å². The maximum absolute atomic E-state index is 12.5. The summed E-state index contributed by atoms with van der Waals surface area (Å²) >= 11 is 0. The van der Waals surface area contributed by atoms with Crippen LogP contribution in [0.25, 0.3) is 16.8 Å². The molecule has 0 saturated carbocycles. The Balaban J connectivity index is 1.59. The molecule has 0 bridgehead atoms. The molecule has 1 amide bonds. The van der Waals surface area contributed by atoms with Crippen molar-refractivity contribution in [3.8, 4) is 29.1 Å². The van der Waals surface area contributed by atoms with Gasteiger partial charge < -0.3 is 24.1 Å². The van der Waals surface area contributed by atoms with E-state index in [1.807, 2.05) is 22.7 Å². The average Bonchev–Trinajstić information content (AvgIpc) is 3.39. The van der Waals surface area contributed by atoms with E-state index in [1.165, 1.54) is 14.2 Å². The summed E-state index contributed by atoms with van der Waals surface area (Å²) in [5.41, 5.74) is 2.24. The van der Waals surface area contributed by atoms with Crippen LogP contribution in [0.2, 0.25) is 0 Å². The summed E-state index contributed by atoms with van der Waals surface area (Å²) in [5, 5.41) is 19.7. The number of pyridine rings is 1. The summed E-state index contributed by atoms with van der Waals surface area (Å²) in [7, 11) is 3.05. The fourth-order valence-corrected chi connectivity index (χ4v) is 3.32. The number of aromatic nitrogens is 4. The minimum Gasteiger partial charge on any atom is -0.480 e. The second-order valence-corrected chi connectivity index (χ2v) is 6.64. The fraction of sp³-hybridized carbons (Fsp3) is 0.316. The molecule has 1 unspecified atom stereocenters. The highest BCUT2D eigenvalue weighted by molar-refractivity contribution is 5.92. The lowest BCUT2D eigenvalue weighted by Crippen LogP contribution is -2.25. The molecule has 3 aromatic rings. The molecule has 0 aromatic carbocycles. The van der Waals surface area contributed by atoms with Crippen molar-refractivity contribution in [3.05, 3.63) is 30.6 Å². The number of nitriles is 1. The van der Waals surface area contributed by atoms with Crippen LogP contribution < -0.4 is 14.8 Å². The lowest BCUT2D eigenvalue weighted by atomic mass is 10.1. The van der Waals surface area contributed by atoms with Crippen molar-refractivity contribution in [2.45, 2.75) is 6.42 Å². The lowest BCUT2D eigenvalue weighted by Gasteiger charge is -2.08. The van der Waals surface area contributed by atoms with Crippen LogP contribution in [-0.2, 0) is 4.79 Å². The Morgan fingerprint density at radius 1 is 1.28 bits per heavy atom. The molecule has 4 rings (SSSR count). The number of likely N-dealkylation sites (tertiary alicyclic amines) is 1. The summed E-state index contributed by atoms with van der Waals surface area (Å²) in [5.74, 6) is 0.871. The molecule has 10 nitrogen and oxygen atoms in total. The van der Waals surface area contributed by atoms with E-state index in [0.29, 0.717) is 42.7 Å². The monoisotopic (exact) mass is 393 g/mol. The molecule has 1 atom stereocenters. The largest absolute Gasteiger partial charge is 0.480 e. The Bertz CT molecular complexity index is 1100. The molecule has 3 aromatic heterocycles. The van der Waals surface area contributed by atoms with Crippen molar-refractivity contribution >= 4 is 17.4 Å². The van der Waals surface area contributed by atoms with E-state index in [0.717, 1.165) is 11.1 Å². The van der Waals surface area contributed by atoms with E-state index in [-0.39, 0.29) is 11.8 Å². The Hall–Kier alpha value is -3.87. The third-order valence-corrected chi connectivity index (χ3v) is 4.85. The Labute approximate surface area is 166 Å². The first-order valence-electron chi connectivity index (χ1n) is 9.01. The predicted octanol–water partition coefficient (Wildman–Crippen LogP) is 1.55. The van der Waals surface area contributed by atoms with Gasteiger partial charge in [0.1, 0.15) is 5.65 Å². The van der Waals surface area contributed by atoms with Gasteiger partial charge in [0, 0.05) is 30.9 Å². The molecule has 10 heteroatoms. The number of anilines is 1. The molecule has 29 heavy (non-hydrogen) atoms. The first-order valence-corrected chi connectivity index (χ1v) is 9.01. The van der Waals surface area contributed by atoms with E-state index in [9.17, 15) is 4.79 Å². The Morgan fingerprint density at radius 3 is 2.86 bits per heavy atom. The predicted molar refractivity (Wildman–Crippen MR) is 103 cm³/mol. The zero-order valence-corrected chi connectivity index (χ0v) is 16.0. The van der Waals surface area contributed by atoms with Gasteiger partial charge in [0.15, 0.2) is 12.0 Å². The third-order valence-electron chi connectivity index (χ3n) is 4.85. The Kier molecular flexibility index (Phi) is 4.87. The number of methoxy groups -OCH3 is 2. The van der Waals surface area contributed by atoms with Crippen LogP contribution in [0.3, 0.4) is 0 Å². The smallest absolute Gasteiger partial charge is 0.241 e. The SMILES string of the molecule is COc1cc(-c2ccc3nc(NC(=O)C4CCN(C#N)C4)cn3c2)c(OC)nn1. The average molecular weight is 393 g/mol. The maximum Gasteiger partial charge on any atom is 0.241 e. The highest BCUT2D eigenvalue weighted by Gasteiger charge is 2.28. The summed E-state index contributed by atoms with van der Waals surface area (Å²) < 4.78 is 12.3. The zero-order valence-electron chi connectivity index (χ0n) is 16.0. The number of imidazole rings is 1. The second kappa shape index (κ2) is 7.63. The molecule has 148 valence electrons. The zero-order chi connectivity index (χ0) is 20.4. The van der Waals surface area contributed by atoms with Gasteiger partial charge in [-0.3, -0.25) is 4.79 Å². The number of hydrogen-bond donors (Lipinski definition) is 1. The minimum absolute atomic E-state index is 0.129. The first-order chi connectivity index (χ1) is 14.1. The molecule has 1 fully saturated rings. The van der Waals surface area contributed by atoms with Crippen LogP contribution >= 0.6 is 0 Å². The lowest BCUT2D eigenvalue weighted by molar-refractivity contribution is -0.119. The quantitative estimate of drug-likeness (QED) is 0.649. The van der Waals surface area contributed by atoms with Crippen LogP contribution in [0.5, 0.6) is 11.8 Å². The topological polar surface area (TPSA) is 118 Å². The van der Waals surface area contributed by atoms with Gasteiger partial charge in [0.05, 0.1) is 31.9 Å². The number of ether oxygens (including phenoxy) is 2. The molecule has 1 saturated heterocycles. The number of nitrogens with one attached hydrogen (secondary N) is 1. The van der Waals surface area contributed by atoms with E-state index in [1.54, 1.807) is 17.2 Å². The minimum atomic E-state index is -0.213. The summed E-state index contributed by atoms with van der Waals surface area (Å²) in [4.78, 5) is 18.5. The molecule has 1 N–H and O–H groups in total. The maximum atomic E-state index is 12.5. The standard InChI is InChI=1S/C19H19N7O3/c1-28-17-7-14(19(29-2)24-23-17)12-3-4-16-21-15(10-26(16)9-12)22-18(27)13-5-6-25(8-13)11-20/h3-4,7,9-10,13H,5-6,8H2,1-2H3,(H,22,27). The fourth-order valence-electron chi connectivity index (χ4n) is 3.32. The molecule has 1 aliphatic rings. The van der Waals surface area contributed by atoms with Gasteiger partial charge in [-0.1, -0.05) is 0 Å². The van der Waals surface area contributed by atoms with E-state index in [4.69, 9.17) is 14.7 Å². The molecule has 4 heterocycles. The molecule has 1 aliphatic heterocycles. The summed E-state index contributed by atoms with van der Waals surface area (Å²) in [6.45, 7) is 1.05.